The second-order valence-corrected chi connectivity index (χ2v) is 5.59. The van der Waals surface area contributed by atoms with Gasteiger partial charge in [0.2, 0.25) is 0 Å². The van der Waals surface area contributed by atoms with E-state index in [1.165, 1.54) is 0 Å². The van der Waals surface area contributed by atoms with E-state index in [4.69, 9.17) is 11.6 Å². The maximum atomic E-state index is 11.7. The highest BCUT2D eigenvalue weighted by Gasteiger charge is 2.11. The van der Waals surface area contributed by atoms with Crippen LogP contribution in [0.3, 0.4) is 0 Å². The number of hydrogen-bond donors (Lipinski definition) is 1. The first-order chi connectivity index (χ1) is 7.50. The van der Waals surface area contributed by atoms with Gasteiger partial charge in [-0.25, -0.2) is 0 Å². The maximum absolute atomic E-state index is 11.7. The van der Waals surface area contributed by atoms with Crippen LogP contribution in [0.4, 0.5) is 0 Å². The zero-order valence-electron chi connectivity index (χ0n) is 9.34. The van der Waals surface area contributed by atoms with Crippen LogP contribution in [-0.2, 0) is 0 Å². The number of amides is 1. The molecule has 0 aliphatic heterocycles. The SMILES string of the molecule is CC(C)C(Br)CNC(=O)c1cccc(Cl)c1. The Bertz CT molecular complexity index is 368. The number of carbonyl (C=O) groups is 1. The third-order valence-electron chi connectivity index (χ3n) is 2.27. The number of halogens is 2. The summed E-state index contributed by atoms with van der Waals surface area (Å²) in [4.78, 5) is 12.0. The van der Waals surface area contributed by atoms with Gasteiger partial charge < -0.3 is 5.32 Å². The van der Waals surface area contributed by atoms with Crippen molar-refractivity contribution in [2.45, 2.75) is 18.7 Å². The van der Waals surface area contributed by atoms with Crippen molar-refractivity contribution < 1.29 is 4.79 Å². The van der Waals surface area contributed by atoms with E-state index in [2.05, 4.69) is 35.1 Å². The minimum absolute atomic E-state index is 0.0902. The predicted octanol–water partition coefficient (Wildman–Crippen LogP) is 3.49. The fourth-order valence-electron chi connectivity index (χ4n) is 1.16. The van der Waals surface area contributed by atoms with Gasteiger partial charge in [0.25, 0.3) is 5.91 Å². The second-order valence-electron chi connectivity index (χ2n) is 3.98. The van der Waals surface area contributed by atoms with Crippen LogP contribution in [0.1, 0.15) is 24.2 Å². The maximum Gasteiger partial charge on any atom is 0.251 e. The van der Waals surface area contributed by atoms with Crippen LogP contribution in [0.5, 0.6) is 0 Å². The number of benzene rings is 1. The molecule has 1 aromatic carbocycles. The Morgan fingerprint density at radius 1 is 1.50 bits per heavy atom. The Kier molecular flexibility index (Phi) is 5.29. The Morgan fingerprint density at radius 3 is 2.75 bits per heavy atom. The predicted molar refractivity (Wildman–Crippen MR) is 71.3 cm³/mol. The molecule has 1 amide bonds. The van der Waals surface area contributed by atoms with Crippen molar-refractivity contribution in [1.82, 2.24) is 5.32 Å². The molecule has 0 spiro atoms. The Hall–Kier alpha value is -0.540. The van der Waals surface area contributed by atoms with Gasteiger partial charge in [0, 0.05) is 22.0 Å². The average molecular weight is 305 g/mol. The molecule has 0 bridgehead atoms. The molecule has 1 N–H and O–H groups in total. The summed E-state index contributed by atoms with van der Waals surface area (Å²) >= 11 is 9.33. The first-order valence-electron chi connectivity index (χ1n) is 5.18. The van der Waals surface area contributed by atoms with E-state index in [0.29, 0.717) is 23.0 Å². The van der Waals surface area contributed by atoms with Crippen LogP contribution >= 0.6 is 27.5 Å². The molecule has 1 unspecified atom stereocenters. The molecule has 0 aromatic heterocycles. The normalized spacial score (nSPS) is 12.6. The van der Waals surface area contributed by atoms with E-state index in [1.807, 2.05) is 0 Å². The molecule has 1 aromatic rings. The summed E-state index contributed by atoms with van der Waals surface area (Å²) in [6.07, 6.45) is 0. The summed E-state index contributed by atoms with van der Waals surface area (Å²) < 4.78 is 0. The van der Waals surface area contributed by atoms with Gasteiger partial charge in [-0.15, -0.1) is 0 Å². The molecule has 4 heteroatoms. The monoisotopic (exact) mass is 303 g/mol. The molecular formula is C12H15BrClNO. The Labute approximate surface area is 110 Å². The van der Waals surface area contributed by atoms with Gasteiger partial charge >= 0.3 is 0 Å². The number of hydrogen-bond acceptors (Lipinski definition) is 1. The number of nitrogens with one attached hydrogen (secondary N) is 1. The van der Waals surface area contributed by atoms with Crippen molar-refractivity contribution in [2.24, 2.45) is 5.92 Å². The minimum Gasteiger partial charge on any atom is -0.351 e. The standard InChI is InChI=1S/C12H15BrClNO/c1-8(2)11(13)7-15-12(16)9-4-3-5-10(14)6-9/h3-6,8,11H,7H2,1-2H3,(H,15,16). The fourth-order valence-corrected chi connectivity index (χ4v) is 1.51. The van der Waals surface area contributed by atoms with Crippen LogP contribution in [0.2, 0.25) is 5.02 Å². The molecule has 16 heavy (non-hydrogen) atoms. The van der Waals surface area contributed by atoms with Crippen molar-refractivity contribution >= 4 is 33.4 Å². The lowest BCUT2D eigenvalue weighted by atomic mass is 10.1. The van der Waals surface area contributed by atoms with Crippen molar-refractivity contribution in [3.8, 4) is 0 Å². The number of alkyl halides is 1. The molecule has 0 heterocycles. The smallest absolute Gasteiger partial charge is 0.251 e. The summed E-state index contributed by atoms with van der Waals surface area (Å²) in [5.41, 5.74) is 0.593. The van der Waals surface area contributed by atoms with E-state index in [1.54, 1.807) is 24.3 Å². The zero-order chi connectivity index (χ0) is 12.1. The van der Waals surface area contributed by atoms with Gasteiger partial charge in [0.15, 0.2) is 0 Å². The third kappa shape index (κ3) is 4.14. The lowest BCUT2D eigenvalue weighted by Gasteiger charge is -2.14. The van der Waals surface area contributed by atoms with Crippen molar-refractivity contribution in [3.63, 3.8) is 0 Å². The highest BCUT2D eigenvalue weighted by molar-refractivity contribution is 9.09. The van der Waals surface area contributed by atoms with Gasteiger partial charge in [0.1, 0.15) is 0 Å². The van der Waals surface area contributed by atoms with Crippen LogP contribution in [-0.4, -0.2) is 17.3 Å². The van der Waals surface area contributed by atoms with Crippen LogP contribution in [0.25, 0.3) is 0 Å². The highest BCUT2D eigenvalue weighted by atomic mass is 79.9. The van der Waals surface area contributed by atoms with Crippen molar-refractivity contribution in [3.05, 3.63) is 34.9 Å². The molecule has 0 aliphatic carbocycles. The second kappa shape index (κ2) is 6.26. The van der Waals surface area contributed by atoms with E-state index in [-0.39, 0.29) is 10.7 Å². The quantitative estimate of drug-likeness (QED) is 0.848. The molecule has 0 fully saturated rings. The minimum atomic E-state index is -0.0902. The lowest BCUT2D eigenvalue weighted by molar-refractivity contribution is 0.0953. The Morgan fingerprint density at radius 2 is 2.19 bits per heavy atom. The topological polar surface area (TPSA) is 29.1 Å². The van der Waals surface area contributed by atoms with E-state index < -0.39 is 0 Å². The average Bonchev–Trinajstić information content (AvgIpc) is 2.25. The molecule has 0 saturated carbocycles. The van der Waals surface area contributed by atoms with Gasteiger partial charge in [-0.3, -0.25) is 4.79 Å². The highest BCUT2D eigenvalue weighted by Crippen LogP contribution is 2.12. The largest absolute Gasteiger partial charge is 0.351 e. The number of carbonyl (C=O) groups excluding carboxylic acids is 1. The van der Waals surface area contributed by atoms with Gasteiger partial charge in [-0.1, -0.05) is 47.4 Å². The van der Waals surface area contributed by atoms with Crippen LogP contribution < -0.4 is 5.32 Å². The van der Waals surface area contributed by atoms with Crippen molar-refractivity contribution in [2.75, 3.05) is 6.54 Å². The molecule has 88 valence electrons. The summed E-state index contributed by atoms with van der Waals surface area (Å²) in [6, 6.07) is 6.93. The Balaban J connectivity index is 2.53. The number of rotatable bonds is 4. The molecule has 0 aliphatic rings. The summed E-state index contributed by atoms with van der Waals surface area (Å²) in [5, 5.41) is 3.44. The third-order valence-corrected chi connectivity index (χ3v) is 3.88. The van der Waals surface area contributed by atoms with Gasteiger partial charge in [-0.2, -0.15) is 0 Å². The zero-order valence-corrected chi connectivity index (χ0v) is 11.7. The van der Waals surface area contributed by atoms with Gasteiger partial charge in [-0.05, 0) is 24.1 Å². The van der Waals surface area contributed by atoms with Crippen molar-refractivity contribution in [1.29, 1.82) is 0 Å². The summed E-state index contributed by atoms with van der Waals surface area (Å²) in [6.45, 7) is 4.82. The van der Waals surface area contributed by atoms with E-state index >= 15 is 0 Å². The molecular weight excluding hydrogens is 289 g/mol. The molecule has 0 radical (unpaired) electrons. The molecule has 1 rings (SSSR count). The first kappa shape index (κ1) is 13.5. The molecule has 2 nitrogen and oxygen atoms in total. The lowest BCUT2D eigenvalue weighted by Crippen LogP contribution is -2.31. The van der Waals surface area contributed by atoms with Gasteiger partial charge in [0.05, 0.1) is 0 Å². The van der Waals surface area contributed by atoms with E-state index in [9.17, 15) is 4.79 Å². The fraction of sp³-hybridized carbons (Fsp3) is 0.417. The molecule has 0 saturated heterocycles. The van der Waals surface area contributed by atoms with E-state index in [0.717, 1.165) is 0 Å². The summed E-state index contributed by atoms with van der Waals surface area (Å²) in [5.74, 6) is 0.396. The molecule has 1 atom stereocenters. The van der Waals surface area contributed by atoms with Crippen LogP contribution in [0.15, 0.2) is 24.3 Å². The first-order valence-corrected chi connectivity index (χ1v) is 6.48. The van der Waals surface area contributed by atoms with Crippen LogP contribution in [0, 0.1) is 5.92 Å². The summed E-state index contributed by atoms with van der Waals surface area (Å²) in [7, 11) is 0.